The van der Waals surface area contributed by atoms with E-state index in [1.54, 1.807) is 6.07 Å². The molecule has 2 N–H and O–H groups in total. The third kappa shape index (κ3) is 4.71. The Morgan fingerprint density at radius 3 is 2.78 bits per heavy atom. The Balaban J connectivity index is 2.41. The minimum atomic E-state index is -0.426. The molecule has 0 aliphatic rings. The maximum atomic E-state index is 10.6. The molecule has 5 nitrogen and oxygen atoms in total. The molecule has 1 aromatic carbocycles. The van der Waals surface area contributed by atoms with Gasteiger partial charge in [-0.1, -0.05) is 26.2 Å². The highest BCUT2D eigenvalue weighted by Crippen LogP contribution is 2.20. The molecule has 18 heavy (non-hydrogen) atoms. The number of ether oxygens (including phenoxy) is 1. The summed E-state index contributed by atoms with van der Waals surface area (Å²) in [7, 11) is 0. The molecule has 1 rings (SSSR count). The number of nitro benzene ring substituents is 1. The normalized spacial score (nSPS) is 10.5. The van der Waals surface area contributed by atoms with Crippen LogP contribution in [0.5, 0.6) is 0 Å². The summed E-state index contributed by atoms with van der Waals surface area (Å²) in [6.07, 6.45) is 4.57. The summed E-state index contributed by atoms with van der Waals surface area (Å²) in [5.74, 6) is 0. The molecule has 0 saturated heterocycles. The van der Waals surface area contributed by atoms with Crippen molar-refractivity contribution in [3.05, 3.63) is 33.9 Å². The summed E-state index contributed by atoms with van der Waals surface area (Å²) < 4.78 is 5.48. The van der Waals surface area contributed by atoms with E-state index in [0.717, 1.165) is 12.8 Å². The molecule has 0 unspecified atom stereocenters. The lowest BCUT2D eigenvalue weighted by Gasteiger charge is -2.07. The van der Waals surface area contributed by atoms with E-state index >= 15 is 0 Å². The average molecular weight is 252 g/mol. The van der Waals surface area contributed by atoms with E-state index in [0.29, 0.717) is 24.5 Å². The van der Waals surface area contributed by atoms with Crippen LogP contribution in [0.1, 0.15) is 38.2 Å². The first kappa shape index (κ1) is 14.4. The molecular weight excluding hydrogens is 232 g/mol. The van der Waals surface area contributed by atoms with Gasteiger partial charge in [0.25, 0.3) is 5.69 Å². The van der Waals surface area contributed by atoms with Crippen molar-refractivity contribution in [2.24, 2.45) is 0 Å². The molecule has 0 saturated carbocycles. The zero-order valence-corrected chi connectivity index (χ0v) is 10.7. The molecule has 0 atom stereocenters. The van der Waals surface area contributed by atoms with Gasteiger partial charge in [-0.15, -0.1) is 0 Å². The van der Waals surface area contributed by atoms with Crippen molar-refractivity contribution in [2.45, 2.75) is 39.2 Å². The van der Waals surface area contributed by atoms with E-state index in [1.165, 1.54) is 25.0 Å². The minimum absolute atomic E-state index is 0.0498. The Bertz CT molecular complexity index is 394. The van der Waals surface area contributed by atoms with Gasteiger partial charge in [-0.2, -0.15) is 0 Å². The Hall–Kier alpha value is -1.62. The van der Waals surface area contributed by atoms with Crippen LogP contribution in [-0.4, -0.2) is 11.5 Å². The van der Waals surface area contributed by atoms with Gasteiger partial charge in [0.2, 0.25) is 0 Å². The highest BCUT2D eigenvalue weighted by Gasteiger charge is 2.08. The van der Waals surface area contributed by atoms with Crippen LogP contribution in [0.3, 0.4) is 0 Å². The molecule has 0 radical (unpaired) electrons. The summed E-state index contributed by atoms with van der Waals surface area (Å²) in [5.41, 5.74) is 7.02. The van der Waals surface area contributed by atoms with Gasteiger partial charge in [0.15, 0.2) is 0 Å². The number of benzene rings is 1. The summed E-state index contributed by atoms with van der Waals surface area (Å²) in [4.78, 5) is 10.2. The van der Waals surface area contributed by atoms with Crippen LogP contribution >= 0.6 is 0 Å². The van der Waals surface area contributed by atoms with E-state index < -0.39 is 4.92 Å². The molecule has 100 valence electrons. The SMILES string of the molecule is CCCCCCOCc1cc([N+](=O)[O-])ccc1N. The number of non-ortho nitro benzene ring substituents is 1. The Morgan fingerprint density at radius 2 is 2.11 bits per heavy atom. The lowest BCUT2D eigenvalue weighted by atomic mass is 10.1. The maximum absolute atomic E-state index is 10.6. The largest absolute Gasteiger partial charge is 0.398 e. The quantitative estimate of drug-likeness (QED) is 0.333. The number of nitrogens with zero attached hydrogens (tertiary/aromatic N) is 1. The van der Waals surface area contributed by atoms with Gasteiger partial charge in [-0.3, -0.25) is 10.1 Å². The molecule has 0 aliphatic carbocycles. The van der Waals surface area contributed by atoms with Crippen LogP contribution < -0.4 is 5.73 Å². The fourth-order valence-corrected chi connectivity index (χ4v) is 1.64. The standard InChI is InChI=1S/C13H20N2O3/c1-2-3-4-5-8-18-10-11-9-12(15(16)17)6-7-13(11)14/h6-7,9H,2-5,8,10,14H2,1H3. The van der Waals surface area contributed by atoms with E-state index in [9.17, 15) is 10.1 Å². The van der Waals surface area contributed by atoms with E-state index in [-0.39, 0.29) is 5.69 Å². The molecule has 0 spiro atoms. The molecule has 1 aromatic rings. The third-order valence-corrected chi connectivity index (χ3v) is 2.74. The van der Waals surface area contributed by atoms with Crippen LogP contribution in [0.25, 0.3) is 0 Å². The van der Waals surface area contributed by atoms with Crippen LogP contribution in [0.2, 0.25) is 0 Å². The van der Waals surface area contributed by atoms with Crippen molar-refractivity contribution in [2.75, 3.05) is 12.3 Å². The number of nitrogens with two attached hydrogens (primary N) is 1. The van der Waals surface area contributed by atoms with E-state index in [2.05, 4.69) is 6.92 Å². The number of unbranched alkanes of at least 4 members (excludes halogenated alkanes) is 3. The van der Waals surface area contributed by atoms with Crippen LogP contribution in [0, 0.1) is 10.1 Å². The van der Waals surface area contributed by atoms with Crippen LogP contribution in [-0.2, 0) is 11.3 Å². The lowest BCUT2D eigenvalue weighted by molar-refractivity contribution is -0.384. The fraction of sp³-hybridized carbons (Fsp3) is 0.538. The number of nitrogen functional groups attached to an aromatic ring is 1. The fourth-order valence-electron chi connectivity index (χ4n) is 1.64. The first-order valence-electron chi connectivity index (χ1n) is 6.25. The second-order valence-corrected chi connectivity index (χ2v) is 4.25. The van der Waals surface area contributed by atoms with E-state index in [1.807, 2.05) is 0 Å². The first-order valence-corrected chi connectivity index (χ1v) is 6.25. The van der Waals surface area contributed by atoms with Crippen LogP contribution in [0.4, 0.5) is 11.4 Å². The molecule has 0 aliphatic heterocycles. The van der Waals surface area contributed by atoms with Crippen molar-refractivity contribution < 1.29 is 9.66 Å². The highest BCUT2D eigenvalue weighted by molar-refractivity contribution is 5.52. The number of nitro groups is 1. The summed E-state index contributed by atoms with van der Waals surface area (Å²) in [5, 5.41) is 10.6. The van der Waals surface area contributed by atoms with Crippen molar-refractivity contribution >= 4 is 11.4 Å². The van der Waals surface area contributed by atoms with E-state index in [4.69, 9.17) is 10.5 Å². The lowest BCUT2D eigenvalue weighted by Crippen LogP contribution is -2.01. The molecule has 0 amide bonds. The Labute approximate surface area is 107 Å². The topological polar surface area (TPSA) is 78.4 Å². The van der Waals surface area contributed by atoms with Gasteiger partial charge in [-0.05, 0) is 12.5 Å². The van der Waals surface area contributed by atoms with Gasteiger partial charge < -0.3 is 10.5 Å². The minimum Gasteiger partial charge on any atom is -0.398 e. The van der Waals surface area contributed by atoms with Crippen molar-refractivity contribution in [1.29, 1.82) is 0 Å². The van der Waals surface area contributed by atoms with Crippen LogP contribution in [0.15, 0.2) is 18.2 Å². The third-order valence-electron chi connectivity index (χ3n) is 2.74. The predicted octanol–water partition coefficient (Wildman–Crippen LogP) is 3.27. The molecule has 5 heteroatoms. The highest BCUT2D eigenvalue weighted by atomic mass is 16.6. The van der Waals surface area contributed by atoms with Gasteiger partial charge in [0.1, 0.15) is 0 Å². The Kier molecular flexibility index (Phi) is 6.14. The van der Waals surface area contributed by atoms with Gasteiger partial charge in [-0.25, -0.2) is 0 Å². The van der Waals surface area contributed by atoms with Gasteiger partial charge >= 0.3 is 0 Å². The van der Waals surface area contributed by atoms with Gasteiger partial charge in [0, 0.05) is 30.0 Å². The monoisotopic (exact) mass is 252 g/mol. The second-order valence-electron chi connectivity index (χ2n) is 4.25. The summed E-state index contributed by atoms with van der Waals surface area (Å²) >= 11 is 0. The number of anilines is 1. The number of rotatable bonds is 8. The van der Waals surface area contributed by atoms with Crippen molar-refractivity contribution in [3.63, 3.8) is 0 Å². The first-order chi connectivity index (χ1) is 8.65. The molecular formula is C13H20N2O3. The molecule has 0 bridgehead atoms. The van der Waals surface area contributed by atoms with Gasteiger partial charge in [0.05, 0.1) is 11.5 Å². The summed E-state index contributed by atoms with van der Waals surface area (Å²) in [6, 6.07) is 4.43. The molecule has 0 fully saturated rings. The summed E-state index contributed by atoms with van der Waals surface area (Å²) in [6.45, 7) is 3.16. The zero-order valence-electron chi connectivity index (χ0n) is 10.7. The smallest absolute Gasteiger partial charge is 0.269 e. The predicted molar refractivity (Wildman–Crippen MR) is 71.3 cm³/mol. The molecule has 0 heterocycles. The second kappa shape index (κ2) is 7.66. The number of hydrogen-bond donors (Lipinski definition) is 1. The maximum Gasteiger partial charge on any atom is 0.269 e. The zero-order chi connectivity index (χ0) is 13.4. The molecule has 0 aromatic heterocycles. The number of hydrogen-bond acceptors (Lipinski definition) is 4. The average Bonchev–Trinajstić information content (AvgIpc) is 2.35. The van der Waals surface area contributed by atoms with Crippen molar-refractivity contribution in [3.8, 4) is 0 Å². The van der Waals surface area contributed by atoms with Crippen molar-refractivity contribution in [1.82, 2.24) is 0 Å². The Morgan fingerprint density at radius 1 is 1.33 bits per heavy atom.